The van der Waals surface area contributed by atoms with Crippen LogP contribution in [0.1, 0.15) is 22.9 Å². The first-order valence-electron chi connectivity index (χ1n) is 8.18. The SMILES string of the molecule is CCNC(=NCc1ccc(S(N)(=O)=O)s1)NCCc1ccc(F)cc1C.I. The number of rotatable bonds is 7. The molecule has 6 nitrogen and oxygen atoms in total. The monoisotopic (exact) mass is 526 g/mol. The highest BCUT2D eigenvalue weighted by Gasteiger charge is 2.11. The van der Waals surface area contributed by atoms with Crippen molar-refractivity contribution < 1.29 is 12.8 Å². The third-order valence-electron chi connectivity index (χ3n) is 3.65. The molecule has 1 heterocycles. The first kappa shape index (κ1) is 23.8. The van der Waals surface area contributed by atoms with Crippen LogP contribution in [0.25, 0.3) is 0 Å². The number of guanidine groups is 1. The number of thiophene rings is 1. The first-order valence-corrected chi connectivity index (χ1v) is 10.5. The lowest BCUT2D eigenvalue weighted by Gasteiger charge is -2.12. The summed E-state index contributed by atoms with van der Waals surface area (Å²) < 4.78 is 35.9. The molecule has 0 aliphatic rings. The van der Waals surface area contributed by atoms with E-state index in [0.29, 0.717) is 25.6 Å². The Hall–Kier alpha value is -1.24. The number of nitrogens with one attached hydrogen (secondary N) is 2. The number of primary sulfonamides is 1. The molecule has 4 N–H and O–H groups in total. The molecule has 1 aromatic heterocycles. The van der Waals surface area contributed by atoms with Crippen molar-refractivity contribution in [2.24, 2.45) is 10.1 Å². The van der Waals surface area contributed by atoms with E-state index in [2.05, 4.69) is 15.6 Å². The Morgan fingerprint density at radius 2 is 2.00 bits per heavy atom. The van der Waals surface area contributed by atoms with Crippen molar-refractivity contribution in [3.63, 3.8) is 0 Å². The number of sulfonamides is 1. The molecular formula is C17H24FIN4O2S2. The molecule has 2 rings (SSSR count). The third-order valence-corrected chi connectivity index (χ3v) is 6.15. The number of hydrogen-bond acceptors (Lipinski definition) is 4. The Kier molecular flexibility index (Phi) is 9.63. The van der Waals surface area contributed by atoms with Crippen LogP contribution in [0, 0.1) is 12.7 Å². The summed E-state index contributed by atoms with van der Waals surface area (Å²) in [5, 5.41) is 11.5. The summed E-state index contributed by atoms with van der Waals surface area (Å²) in [7, 11) is -3.67. The highest BCUT2D eigenvalue weighted by atomic mass is 127. The van der Waals surface area contributed by atoms with E-state index in [1.54, 1.807) is 12.1 Å². The quantitative estimate of drug-likeness (QED) is 0.294. The average Bonchev–Trinajstić information content (AvgIpc) is 3.04. The second-order valence-electron chi connectivity index (χ2n) is 5.71. The van der Waals surface area contributed by atoms with Crippen LogP contribution in [0.15, 0.2) is 39.5 Å². The fourth-order valence-corrected chi connectivity index (χ4v) is 4.05. The zero-order chi connectivity index (χ0) is 19.2. The summed E-state index contributed by atoms with van der Waals surface area (Å²) >= 11 is 1.11. The fourth-order valence-electron chi connectivity index (χ4n) is 2.35. The maximum Gasteiger partial charge on any atom is 0.247 e. The molecule has 10 heteroatoms. The number of halogens is 2. The summed E-state index contributed by atoms with van der Waals surface area (Å²) in [6.45, 7) is 5.55. The van der Waals surface area contributed by atoms with Crippen molar-refractivity contribution in [2.75, 3.05) is 13.1 Å². The molecule has 27 heavy (non-hydrogen) atoms. The van der Waals surface area contributed by atoms with Gasteiger partial charge in [0.2, 0.25) is 10.0 Å². The van der Waals surface area contributed by atoms with E-state index < -0.39 is 10.0 Å². The van der Waals surface area contributed by atoms with E-state index in [9.17, 15) is 12.8 Å². The van der Waals surface area contributed by atoms with Crippen LogP contribution in [0.2, 0.25) is 0 Å². The zero-order valence-electron chi connectivity index (χ0n) is 15.2. The molecule has 150 valence electrons. The summed E-state index contributed by atoms with van der Waals surface area (Å²) in [5.74, 6) is 0.404. The van der Waals surface area contributed by atoms with Gasteiger partial charge < -0.3 is 10.6 Å². The summed E-state index contributed by atoms with van der Waals surface area (Å²) in [6.07, 6.45) is 0.741. The predicted molar refractivity (Wildman–Crippen MR) is 119 cm³/mol. The van der Waals surface area contributed by atoms with Gasteiger partial charge in [0.05, 0.1) is 6.54 Å². The molecule has 0 unspecified atom stereocenters. The van der Waals surface area contributed by atoms with E-state index in [1.165, 1.54) is 18.2 Å². The van der Waals surface area contributed by atoms with E-state index in [-0.39, 0.29) is 34.0 Å². The lowest BCUT2D eigenvalue weighted by molar-refractivity contribution is 0.600. The van der Waals surface area contributed by atoms with E-state index >= 15 is 0 Å². The standard InChI is InChI=1S/C17H23FN4O2S2.HI/c1-3-20-17(21-9-8-13-4-5-14(18)10-12(13)2)22-11-15-6-7-16(25-15)26(19,23)24;/h4-7,10H,3,8-9,11H2,1-2H3,(H2,19,23,24)(H2,20,21,22);1H. The van der Waals surface area contributed by atoms with Crippen molar-refractivity contribution in [2.45, 2.75) is 31.0 Å². The fraction of sp³-hybridized carbons (Fsp3) is 0.353. The van der Waals surface area contributed by atoms with Gasteiger partial charge >= 0.3 is 0 Å². The summed E-state index contributed by atoms with van der Waals surface area (Å²) in [6, 6.07) is 7.97. The van der Waals surface area contributed by atoms with Gasteiger partial charge in [-0.15, -0.1) is 35.3 Å². The summed E-state index contributed by atoms with van der Waals surface area (Å²) in [4.78, 5) is 5.26. The Bertz CT molecular complexity index is 885. The molecule has 0 atom stereocenters. The minimum atomic E-state index is -3.67. The van der Waals surface area contributed by atoms with Crippen molar-refractivity contribution in [1.82, 2.24) is 10.6 Å². The molecule has 0 saturated carbocycles. The molecule has 0 fully saturated rings. The Balaban J connectivity index is 0.00000364. The van der Waals surface area contributed by atoms with Gasteiger partial charge in [-0.1, -0.05) is 6.07 Å². The molecule has 0 amide bonds. The average molecular weight is 526 g/mol. The van der Waals surface area contributed by atoms with Crippen LogP contribution in [0.3, 0.4) is 0 Å². The van der Waals surface area contributed by atoms with Crippen LogP contribution in [-0.2, 0) is 23.0 Å². The van der Waals surface area contributed by atoms with Gasteiger partial charge in [0, 0.05) is 18.0 Å². The molecule has 0 aliphatic carbocycles. The number of hydrogen-bond donors (Lipinski definition) is 3. The largest absolute Gasteiger partial charge is 0.357 e. The molecule has 2 aromatic rings. The molecule has 0 saturated heterocycles. The third kappa shape index (κ3) is 7.72. The van der Waals surface area contributed by atoms with E-state index in [4.69, 9.17) is 5.14 Å². The van der Waals surface area contributed by atoms with Crippen LogP contribution >= 0.6 is 35.3 Å². The van der Waals surface area contributed by atoms with Crippen LogP contribution in [0.5, 0.6) is 0 Å². The van der Waals surface area contributed by atoms with Crippen molar-refractivity contribution in [1.29, 1.82) is 0 Å². The second kappa shape index (κ2) is 10.9. The molecule has 0 spiro atoms. The number of nitrogens with two attached hydrogens (primary N) is 1. The van der Waals surface area contributed by atoms with Gasteiger partial charge in [-0.2, -0.15) is 0 Å². The Morgan fingerprint density at radius 3 is 2.59 bits per heavy atom. The van der Waals surface area contributed by atoms with Crippen molar-refractivity contribution in [3.8, 4) is 0 Å². The first-order chi connectivity index (χ1) is 12.3. The van der Waals surface area contributed by atoms with Gasteiger partial charge in [-0.25, -0.2) is 22.9 Å². The molecular weight excluding hydrogens is 502 g/mol. The lowest BCUT2D eigenvalue weighted by atomic mass is 10.1. The summed E-state index contributed by atoms with van der Waals surface area (Å²) in [5.41, 5.74) is 1.99. The number of aliphatic imine (C=N–C) groups is 1. The zero-order valence-corrected chi connectivity index (χ0v) is 19.1. The number of aryl methyl sites for hydroxylation is 1. The molecule has 0 radical (unpaired) electrons. The van der Waals surface area contributed by atoms with Gasteiger partial charge in [-0.05, 0) is 55.7 Å². The maximum absolute atomic E-state index is 13.1. The number of benzene rings is 1. The van der Waals surface area contributed by atoms with Gasteiger partial charge in [0.15, 0.2) is 5.96 Å². The van der Waals surface area contributed by atoms with Gasteiger partial charge in [0.25, 0.3) is 0 Å². The van der Waals surface area contributed by atoms with Crippen molar-refractivity contribution in [3.05, 3.63) is 52.2 Å². The molecule has 1 aromatic carbocycles. The normalized spacial score (nSPS) is 11.8. The molecule has 0 bridgehead atoms. The minimum absolute atomic E-state index is 0. The number of nitrogens with zero attached hydrogens (tertiary/aromatic N) is 1. The van der Waals surface area contributed by atoms with Gasteiger partial charge in [-0.3, -0.25) is 0 Å². The van der Waals surface area contributed by atoms with Crippen LogP contribution in [-0.4, -0.2) is 27.5 Å². The predicted octanol–water partition coefficient (Wildman–Crippen LogP) is 2.76. The highest BCUT2D eigenvalue weighted by molar-refractivity contribution is 14.0. The van der Waals surface area contributed by atoms with Crippen LogP contribution < -0.4 is 15.8 Å². The smallest absolute Gasteiger partial charge is 0.247 e. The molecule has 0 aliphatic heterocycles. The van der Waals surface area contributed by atoms with Gasteiger partial charge in [0.1, 0.15) is 10.0 Å². The topological polar surface area (TPSA) is 96.6 Å². The second-order valence-corrected chi connectivity index (χ2v) is 8.67. The lowest BCUT2D eigenvalue weighted by Crippen LogP contribution is -2.38. The minimum Gasteiger partial charge on any atom is -0.357 e. The Labute approximate surface area is 180 Å². The highest BCUT2D eigenvalue weighted by Crippen LogP contribution is 2.20. The van der Waals surface area contributed by atoms with E-state index in [1.807, 2.05) is 13.8 Å². The van der Waals surface area contributed by atoms with Crippen LogP contribution in [0.4, 0.5) is 4.39 Å². The Morgan fingerprint density at radius 1 is 1.26 bits per heavy atom. The van der Waals surface area contributed by atoms with Crippen molar-refractivity contribution >= 4 is 51.3 Å². The van der Waals surface area contributed by atoms with E-state index in [0.717, 1.165) is 33.8 Å². The maximum atomic E-state index is 13.1.